The smallest absolute Gasteiger partial charge is 0.338 e. The first kappa shape index (κ1) is 29.1. The largest absolute Gasteiger partial charge is 0.489 e. The van der Waals surface area contributed by atoms with E-state index >= 15 is 0 Å². The molecule has 0 aliphatic carbocycles. The maximum atomic E-state index is 13.1. The summed E-state index contributed by atoms with van der Waals surface area (Å²) in [5.74, 6) is -0.160. The van der Waals surface area contributed by atoms with E-state index in [4.69, 9.17) is 44.9 Å². The monoisotopic (exact) mass is 592 g/mol. The van der Waals surface area contributed by atoms with Crippen LogP contribution < -0.4 is 15.0 Å². The molecule has 4 rings (SSSR count). The molecule has 9 heteroatoms. The Kier molecular flexibility index (Phi) is 10.1. The van der Waals surface area contributed by atoms with E-state index in [1.54, 1.807) is 78.6 Å². The summed E-state index contributed by atoms with van der Waals surface area (Å²) in [6, 6.07) is 28.5. The minimum Gasteiger partial charge on any atom is -0.489 e. The molecule has 4 aromatic rings. The molecule has 4 aromatic carbocycles. The number of carbonyl (C=O) groups is 2. The normalized spacial score (nSPS) is 10.5. The second-order valence-electron chi connectivity index (χ2n) is 8.65. The Hall–Kier alpha value is -3.91. The van der Waals surface area contributed by atoms with E-state index in [9.17, 15) is 9.59 Å². The van der Waals surface area contributed by atoms with Gasteiger partial charge in [-0.2, -0.15) is 0 Å². The van der Waals surface area contributed by atoms with Crippen molar-refractivity contribution in [3.63, 3.8) is 0 Å². The number of anilines is 1. The summed E-state index contributed by atoms with van der Waals surface area (Å²) in [5, 5.41) is 3.92. The molecule has 40 heavy (non-hydrogen) atoms. The number of nitrogens with one attached hydrogen (secondary N) is 1. The van der Waals surface area contributed by atoms with E-state index in [1.807, 2.05) is 30.3 Å². The van der Waals surface area contributed by atoms with E-state index in [2.05, 4.69) is 5.32 Å². The molecule has 0 aromatic heterocycles. The molecule has 0 bridgehead atoms. The van der Waals surface area contributed by atoms with Gasteiger partial charge < -0.3 is 14.4 Å². The Morgan fingerprint density at radius 1 is 0.875 bits per heavy atom. The fraction of sp³-hybridized carbons (Fsp3) is 0.129. The van der Waals surface area contributed by atoms with Crippen molar-refractivity contribution in [2.45, 2.75) is 20.1 Å². The standard InChI is InChI=1S/C31H26Cl2N2O4S/c1-2-38-30(37)23-9-14-26(15-10-23)35(19-24-8-13-25(32)18-28(24)33)31(40)34-29(36)22-11-16-27(17-12-22)39-20-21-6-4-3-5-7-21/h3-18H,2,19-20H2,1H3,(H,34,36,40). The summed E-state index contributed by atoms with van der Waals surface area (Å²) < 4.78 is 10.9. The molecule has 1 amide bonds. The number of nitrogens with zero attached hydrogens (tertiary/aromatic N) is 1. The van der Waals surface area contributed by atoms with E-state index in [0.29, 0.717) is 39.2 Å². The zero-order valence-electron chi connectivity index (χ0n) is 21.6. The highest BCUT2D eigenvalue weighted by Gasteiger charge is 2.19. The van der Waals surface area contributed by atoms with Gasteiger partial charge in [-0.05, 0) is 90.9 Å². The van der Waals surface area contributed by atoms with Crippen LogP contribution in [0.3, 0.4) is 0 Å². The van der Waals surface area contributed by atoms with Gasteiger partial charge >= 0.3 is 5.97 Å². The average molecular weight is 594 g/mol. The molecule has 0 atom stereocenters. The number of hydrogen-bond acceptors (Lipinski definition) is 5. The SMILES string of the molecule is CCOC(=O)c1ccc(N(Cc2ccc(Cl)cc2Cl)C(=S)NC(=O)c2ccc(OCc3ccccc3)cc2)cc1. The number of ether oxygens (including phenoxy) is 2. The Morgan fingerprint density at radius 2 is 1.55 bits per heavy atom. The number of thiocarbonyl (C=S) groups is 1. The Labute approximate surface area is 248 Å². The van der Waals surface area contributed by atoms with Crippen molar-refractivity contribution >= 4 is 58.1 Å². The van der Waals surface area contributed by atoms with Gasteiger partial charge in [-0.15, -0.1) is 0 Å². The van der Waals surface area contributed by atoms with E-state index in [-0.39, 0.29) is 24.2 Å². The lowest BCUT2D eigenvalue weighted by molar-refractivity contribution is 0.0526. The fourth-order valence-corrected chi connectivity index (χ4v) is 4.50. The number of esters is 1. The summed E-state index contributed by atoms with van der Waals surface area (Å²) in [6.07, 6.45) is 0. The zero-order chi connectivity index (χ0) is 28.5. The van der Waals surface area contributed by atoms with Gasteiger partial charge in [-0.25, -0.2) is 4.79 Å². The molecular formula is C31H26Cl2N2O4S. The Balaban J connectivity index is 1.49. The van der Waals surface area contributed by atoms with Crippen molar-refractivity contribution in [1.82, 2.24) is 5.32 Å². The van der Waals surface area contributed by atoms with Crippen LogP contribution in [0.1, 0.15) is 38.8 Å². The van der Waals surface area contributed by atoms with E-state index in [0.717, 1.165) is 11.1 Å². The summed E-state index contributed by atoms with van der Waals surface area (Å²) in [7, 11) is 0. The lowest BCUT2D eigenvalue weighted by Gasteiger charge is -2.26. The van der Waals surface area contributed by atoms with Gasteiger partial charge in [0.1, 0.15) is 12.4 Å². The van der Waals surface area contributed by atoms with Gasteiger partial charge in [-0.1, -0.05) is 59.6 Å². The Morgan fingerprint density at radius 3 is 2.20 bits per heavy atom. The van der Waals surface area contributed by atoms with E-state index in [1.165, 1.54) is 0 Å². The summed E-state index contributed by atoms with van der Waals surface area (Å²) in [6.45, 7) is 2.70. The average Bonchev–Trinajstić information content (AvgIpc) is 2.96. The highest BCUT2D eigenvalue weighted by Crippen LogP contribution is 2.26. The fourth-order valence-electron chi connectivity index (χ4n) is 3.77. The maximum Gasteiger partial charge on any atom is 0.338 e. The van der Waals surface area contributed by atoms with Crippen LogP contribution in [0.4, 0.5) is 5.69 Å². The van der Waals surface area contributed by atoms with Gasteiger partial charge in [0.25, 0.3) is 5.91 Å². The van der Waals surface area contributed by atoms with Gasteiger partial charge in [0, 0.05) is 21.3 Å². The zero-order valence-corrected chi connectivity index (χ0v) is 23.9. The molecule has 0 aliphatic heterocycles. The molecule has 1 N–H and O–H groups in total. The van der Waals surface area contributed by atoms with Crippen LogP contribution in [0.15, 0.2) is 97.1 Å². The number of rotatable bonds is 9. The molecule has 0 fully saturated rings. The summed E-state index contributed by atoms with van der Waals surface area (Å²) in [5.41, 5.74) is 3.26. The van der Waals surface area contributed by atoms with Crippen LogP contribution in [-0.4, -0.2) is 23.6 Å². The maximum absolute atomic E-state index is 13.1. The minimum absolute atomic E-state index is 0.157. The number of hydrogen-bond donors (Lipinski definition) is 1. The van der Waals surface area contributed by atoms with Crippen LogP contribution in [0, 0.1) is 0 Å². The molecule has 6 nitrogen and oxygen atoms in total. The van der Waals surface area contributed by atoms with Crippen LogP contribution >= 0.6 is 35.4 Å². The second kappa shape index (κ2) is 13.9. The molecule has 0 saturated carbocycles. The minimum atomic E-state index is -0.423. The van der Waals surface area contributed by atoms with Crippen molar-refractivity contribution in [2.24, 2.45) is 0 Å². The number of amides is 1. The number of halogens is 2. The summed E-state index contributed by atoms with van der Waals surface area (Å²) in [4.78, 5) is 26.9. The number of benzene rings is 4. The quantitative estimate of drug-likeness (QED) is 0.160. The highest BCUT2D eigenvalue weighted by molar-refractivity contribution is 7.80. The van der Waals surface area contributed by atoms with Gasteiger partial charge in [-0.3, -0.25) is 10.1 Å². The highest BCUT2D eigenvalue weighted by atomic mass is 35.5. The van der Waals surface area contributed by atoms with Crippen molar-refractivity contribution in [3.05, 3.63) is 129 Å². The predicted octanol–water partition coefficient (Wildman–Crippen LogP) is 7.47. The topological polar surface area (TPSA) is 67.9 Å². The summed E-state index contributed by atoms with van der Waals surface area (Å²) >= 11 is 18.2. The predicted molar refractivity (Wildman–Crippen MR) is 162 cm³/mol. The lowest BCUT2D eigenvalue weighted by Crippen LogP contribution is -2.42. The molecule has 0 heterocycles. The van der Waals surface area contributed by atoms with Crippen molar-refractivity contribution in [2.75, 3.05) is 11.5 Å². The van der Waals surface area contributed by atoms with Crippen LogP contribution in [0.2, 0.25) is 10.0 Å². The molecule has 0 radical (unpaired) electrons. The van der Waals surface area contributed by atoms with Crippen LogP contribution in [0.25, 0.3) is 0 Å². The number of carbonyl (C=O) groups excluding carboxylic acids is 2. The molecule has 0 aliphatic rings. The molecule has 0 unspecified atom stereocenters. The molecular weight excluding hydrogens is 567 g/mol. The first-order chi connectivity index (χ1) is 19.3. The second-order valence-corrected chi connectivity index (χ2v) is 9.88. The van der Waals surface area contributed by atoms with Crippen molar-refractivity contribution < 1.29 is 19.1 Å². The van der Waals surface area contributed by atoms with Gasteiger partial charge in [0.15, 0.2) is 5.11 Å². The lowest BCUT2D eigenvalue weighted by atomic mass is 10.1. The van der Waals surface area contributed by atoms with Crippen LogP contribution in [0.5, 0.6) is 5.75 Å². The van der Waals surface area contributed by atoms with Gasteiger partial charge in [0.2, 0.25) is 0 Å². The molecule has 0 saturated heterocycles. The third-order valence-corrected chi connectivity index (χ3v) is 6.77. The first-order valence-corrected chi connectivity index (χ1v) is 13.6. The van der Waals surface area contributed by atoms with Gasteiger partial charge in [0.05, 0.1) is 18.7 Å². The van der Waals surface area contributed by atoms with Crippen molar-refractivity contribution in [1.29, 1.82) is 0 Å². The van der Waals surface area contributed by atoms with E-state index < -0.39 is 5.97 Å². The first-order valence-electron chi connectivity index (χ1n) is 12.4. The third-order valence-electron chi connectivity index (χ3n) is 5.86. The van der Waals surface area contributed by atoms with Crippen molar-refractivity contribution in [3.8, 4) is 5.75 Å². The molecule has 204 valence electrons. The van der Waals surface area contributed by atoms with Crippen LogP contribution in [-0.2, 0) is 17.9 Å². The third kappa shape index (κ3) is 7.82. The molecule has 0 spiro atoms. The Bertz CT molecular complexity index is 1480.